The van der Waals surface area contributed by atoms with E-state index in [0.717, 1.165) is 5.69 Å². The molecule has 4 aromatic rings. The number of halogens is 1. The van der Waals surface area contributed by atoms with E-state index in [1.165, 1.54) is 36.0 Å². The topological polar surface area (TPSA) is 101 Å². The molecule has 0 saturated heterocycles. The van der Waals surface area contributed by atoms with Crippen molar-refractivity contribution in [1.82, 2.24) is 25.1 Å². The highest BCUT2D eigenvalue weighted by molar-refractivity contribution is 7.99. The van der Waals surface area contributed by atoms with Crippen LogP contribution in [0.15, 0.2) is 71.8 Å². The predicted molar refractivity (Wildman–Crippen MR) is 119 cm³/mol. The molecule has 0 fully saturated rings. The first-order valence-corrected chi connectivity index (χ1v) is 10.8. The number of nitrogens with zero attached hydrogens (tertiary/aromatic N) is 4. The number of para-hydroxylation sites is 1. The third-order valence-electron chi connectivity index (χ3n) is 4.45. The monoisotopic (exact) mass is 450 g/mol. The van der Waals surface area contributed by atoms with Gasteiger partial charge in [-0.2, -0.15) is 9.61 Å². The minimum absolute atomic E-state index is 0.129. The Labute approximate surface area is 187 Å². The van der Waals surface area contributed by atoms with Gasteiger partial charge >= 0.3 is 0 Å². The van der Waals surface area contributed by atoms with Crippen molar-refractivity contribution in [1.29, 1.82) is 0 Å². The van der Waals surface area contributed by atoms with Gasteiger partial charge < -0.3 is 10.6 Å². The normalized spacial score (nSPS) is 10.8. The molecule has 162 valence electrons. The van der Waals surface area contributed by atoms with Gasteiger partial charge in [-0.3, -0.25) is 9.59 Å². The third-order valence-corrected chi connectivity index (χ3v) is 5.37. The van der Waals surface area contributed by atoms with Crippen LogP contribution in [0, 0.1) is 5.82 Å². The van der Waals surface area contributed by atoms with Gasteiger partial charge in [0, 0.05) is 24.2 Å². The lowest BCUT2D eigenvalue weighted by molar-refractivity contribution is -0.113. The molecule has 0 atom stereocenters. The number of nitrogens with one attached hydrogen (secondary N) is 2. The van der Waals surface area contributed by atoms with E-state index in [-0.39, 0.29) is 17.6 Å². The fourth-order valence-electron chi connectivity index (χ4n) is 2.90. The molecule has 0 unspecified atom stereocenters. The Kier molecular flexibility index (Phi) is 6.71. The molecule has 0 aliphatic rings. The fourth-order valence-corrected chi connectivity index (χ4v) is 3.55. The number of carbonyl (C=O) groups is 2. The molecule has 2 amide bonds. The number of fused-ring (bicyclic) bond motifs is 1. The second-order valence-electron chi connectivity index (χ2n) is 6.77. The number of hydrogen-bond donors (Lipinski definition) is 2. The van der Waals surface area contributed by atoms with Crippen LogP contribution in [0.3, 0.4) is 0 Å². The summed E-state index contributed by atoms with van der Waals surface area (Å²) in [7, 11) is 0. The molecular weight excluding hydrogens is 431 g/mol. The van der Waals surface area contributed by atoms with Gasteiger partial charge in [0.25, 0.3) is 5.91 Å². The lowest BCUT2D eigenvalue weighted by atomic mass is 10.2. The first-order valence-electron chi connectivity index (χ1n) is 9.81. The molecule has 32 heavy (non-hydrogen) atoms. The zero-order valence-electron chi connectivity index (χ0n) is 16.9. The summed E-state index contributed by atoms with van der Waals surface area (Å²) < 4.78 is 14.6. The summed E-state index contributed by atoms with van der Waals surface area (Å²) >= 11 is 1.30. The number of benzene rings is 2. The highest BCUT2D eigenvalue weighted by Crippen LogP contribution is 2.17. The molecule has 2 N–H and O–H groups in total. The molecule has 2 aromatic heterocycles. The van der Waals surface area contributed by atoms with Crippen LogP contribution in [0.5, 0.6) is 0 Å². The van der Waals surface area contributed by atoms with Crippen molar-refractivity contribution >= 4 is 34.9 Å². The summed E-state index contributed by atoms with van der Waals surface area (Å²) in [6.45, 7) is 0.315. The SMILES string of the molecule is O=C(CSc1ccc2nnc(CCNC(=O)c3ccc(F)cc3)n2n1)Nc1ccccc1. The van der Waals surface area contributed by atoms with E-state index in [2.05, 4.69) is 25.9 Å². The zero-order chi connectivity index (χ0) is 22.3. The maximum absolute atomic E-state index is 13.0. The molecule has 0 bridgehead atoms. The number of hydrogen-bond acceptors (Lipinski definition) is 6. The lowest BCUT2D eigenvalue weighted by Gasteiger charge is -2.06. The first kappa shape index (κ1) is 21.4. The molecule has 0 spiro atoms. The largest absolute Gasteiger partial charge is 0.352 e. The maximum Gasteiger partial charge on any atom is 0.251 e. The average molecular weight is 450 g/mol. The van der Waals surface area contributed by atoms with Crippen molar-refractivity contribution in [2.24, 2.45) is 0 Å². The van der Waals surface area contributed by atoms with E-state index < -0.39 is 5.82 Å². The number of anilines is 1. The Morgan fingerprint density at radius 1 is 0.969 bits per heavy atom. The molecule has 0 saturated carbocycles. The van der Waals surface area contributed by atoms with Crippen LogP contribution in [0.1, 0.15) is 16.2 Å². The van der Waals surface area contributed by atoms with Crippen molar-refractivity contribution in [3.8, 4) is 0 Å². The molecule has 0 radical (unpaired) electrons. The number of aromatic nitrogens is 4. The minimum Gasteiger partial charge on any atom is -0.352 e. The van der Waals surface area contributed by atoms with E-state index in [4.69, 9.17) is 0 Å². The van der Waals surface area contributed by atoms with Crippen LogP contribution in [0.2, 0.25) is 0 Å². The van der Waals surface area contributed by atoms with Crippen LogP contribution < -0.4 is 10.6 Å². The average Bonchev–Trinajstić information content (AvgIpc) is 3.21. The summed E-state index contributed by atoms with van der Waals surface area (Å²) in [4.78, 5) is 24.3. The molecule has 0 aliphatic heterocycles. The van der Waals surface area contributed by atoms with Gasteiger partial charge in [-0.15, -0.1) is 10.2 Å². The molecular formula is C22H19FN6O2S. The highest BCUT2D eigenvalue weighted by atomic mass is 32.2. The Morgan fingerprint density at radius 3 is 2.53 bits per heavy atom. The van der Waals surface area contributed by atoms with Crippen LogP contribution in [-0.4, -0.2) is 43.9 Å². The van der Waals surface area contributed by atoms with E-state index in [1.807, 2.05) is 30.3 Å². The van der Waals surface area contributed by atoms with Gasteiger partial charge in [-0.1, -0.05) is 30.0 Å². The van der Waals surface area contributed by atoms with Gasteiger partial charge in [-0.05, 0) is 48.5 Å². The standard InChI is InChI=1S/C22H19FN6O2S/c23-16-8-6-15(7-9-16)22(31)24-13-12-19-27-26-18-10-11-21(28-29(18)19)32-14-20(30)25-17-4-2-1-3-5-17/h1-11H,12-14H2,(H,24,31)(H,25,30). The van der Waals surface area contributed by atoms with Crippen LogP contribution >= 0.6 is 11.8 Å². The summed E-state index contributed by atoms with van der Waals surface area (Å²) in [5.74, 6) is -0.0362. The van der Waals surface area contributed by atoms with Crippen LogP contribution in [0.4, 0.5) is 10.1 Å². The molecule has 0 aliphatic carbocycles. The Bertz CT molecular complexity index is 1230. The zero-order valence-corrected chi connectivity index (χ0v) is 17.7. The number of carbonyl (C=O) groups excluding carboxylic acids is 2. The second-order valence-corrected chi connectivity index (χ2v) is 7.77. The number of amides is 2. The third kappa shape index (κ3) is 5.46. The first-order chi connectivity index (χ1) is 15.6. The lowest BCUT2D eigenvalue weighted by Crippen LogP contribution is -2.26. The van der Waals surface area contributed by atoms with Crippen molar-refractivity contribution < 1.29 is 14.0 Å². The second kappa shape index (κ2) is 10.0. The fraction of sp³-hybridized carbons (Fsp3) is 0.136. The van der Waals surface area contributed by atoms with Crippen molar-refractivity contribution in [2.75, 3.05) is 17.6 Å². The van der Waals surface area contributed by atoms with Gasteiger partial charge in [0.05, 0.1) is 5.75 Å². The van der Waals surface area contributed by atoms with Gasteiger partial charge in [0.2, 0.25) is 5.91 Å². The highest BCUT2D eigenvalue weighted by Gasteiger charge is 2.11. The predicted octanol–water partition coefficient (Wildman–Crippen LogP) is 2.97. The van der Waals surface area contributed by atoms with Crippen LogP contribution in [0.25, 0.3) is 5.65 Å². The van der Waals surface area contributed by atoms with Crippen molar-refractivity contribution in [2.45, 2.75) is 11.4 Å². The van der Waals surface area contributed by atoms with E-state index in [0.29, 0.717) is 35.0 Å². The Morgan fingerprint density at radius 2 is 1.75 bits per heavy atom. The molecule has 4 rings (SSSR count). The summed E-state index contributed by atoms with van der Waals surface area (Å²) in [6, 6.07) is 18.1. The summed E-state index contributed by atoms with van der Waals surface area (Å²) in [5, 5.41) is 19.0. The minimum atomic E-state index is -0.395. The number of rotatable bonds is 8. The van der Waals surface area contributed by atoms with Crippen molar-refractivity contribution in [3.05, 3.63) is 83.9 Å². The smallest absolute Gasteiger partial charge is 0.251 e. The van der Waals surface area contributed by atoms with Gasteiger partial charge in [0.15, 0.2) is 11.5 Å². The van der Waals surface area contributed by atoms with Crippen LogP contribution in [-0.2, 0) is 11.2 Å². The maximum atomic E-state index is 13.0. The van der Waals surface area contributed by atoms with E-state index >= 15 is 0 Å². The van der Waals surface area contributed by atoms with Crippen molar-refractivity contribution in [3.63, 3.8) is 0 Å². The summed E-state index contributed by atoms with van der Waals surface area (Å²) in [5.41, 5.74) is 1.69. The molecule has 2 heterocycles. The molecule has 8 nitrogen and oxygen atoms in total. The van der Waals surface area contributed by atoms with Gasteiger partial charge in [-0.25, -0.2) is 4.39 Å². The molecule has 10 heteroatoms. The quantitative estimate of drug-likeness (QED) is 0.400. The van der Waals surface area contributed by atoms with Gasteiger partial charge in [0.1, 0.15) is 10.8 Å². The molecule has 2 aromatic carbocycles. The van der Waals surface area contributed by atoms with E-state index in [1.54, 1.807) is 16.6 Å². The Balaban J connectivity index is 1.33. The Hall–Kier alpha value is -3.79. The summed E-state index contributed by atoms with van der Waals surface area (Å²) in [6.07, 6.45) is 0.406. The number of thioether (sulfide) groups is 1. The van der Waals surface area contributed by atoms with E-state index in [9.17, 15) is 14.0 Å².